The van der Waals surface area contributed by atoms with Gasteiger partial charge in [-0.05, 0) is 101 Å². The Morgan fingerprint density at radius 2 is 1.49 bits per heavy atom. The number of benzene rings is 1. The van der Waals surface area contributed by atoms with Crippen molar-refractivity contribution in [1.29, 1.82) is 0 Å². The molecule has 0 atom stereocenters. The second kappa shape index (κ2) is 10.3. The third kappa shape index (κ3) is 6.34. The number of piperazine rings is 1. The molecule has 3 heterocycles. The molecule has 5 rings (SSSR count). The number of carbonyl (C=O) groups is 2. The third-order valence-corrected chi connectivity index (χ3v) is 7.65. The summed E-state index contributed by atoms with van der Waals surface area (Å²) in [7, 11) is 0. The molecule has 0 spiro atoms. The lowest BCUT2D eigenvalue weighted by atomic mass is 10.00. The van der Waals surface area contributed by atoms with E-state index in [4.69, 9.17) is 14.5 Å². The van der Waals surface area contributed by atoms with Gasteiger partial charge in [0.25, 0.3) is 0 Å². The highest BCUT2D eigenvalue weighted by molar-refractivity contribution is 14.1. The monoisotopic (exact) mass is 644 g/mol. The Bertz CT molecular complexity index is 1390. The van der Waals surface area contributed by atoms with Gasteiger partial charge in [0.05, 0.1) is 5.69 Å². The summed E-state index contributed by atoms with van der Waals surface area (Å²) in [5.74, 6) is 0.407. The zero-order valence-corrected chi connectivity index (χ0v) is 25.7. The van der Waals surface area contributed by atoms with E-state index in [2.05, 4.69) is 57.8 Å². The number of rotatable bonds is 3. The highest BCUT2D eigenvalue weighted by atomic mass is 127. The number of hydrogen-bond donors (Lipinski definition) is 0. The molecule has 1 aliphatic heterocycles. The normalized spacial score (nSPS) is 16.5. The maximum Gasteiger partial charge on any atom is 0.420 e. The summed E-state index contributed by atoms with van der Waals surface area (Å²) >= 11 is 2.27. The number of anilines is 1. The van der Waals surface area contributed by atoms with Crippen LogP contribution in [0.5, 0.6) is 0 Å². The Balaban J connectivity index is 1.37. The van der Waals surface area contributed by atoms with Crippen LogP contribution in [0.1, 0.15) is 66.0 Å². The Hall–Kier alpha value is -2.82. The topological polar surface area (TPSA) is 76.9 Å². The third-order valence-electron chi connectivity index (χ3n) is 6.79. The molecule has 0 bridgehead atoms. The number of pyridine rings is 1. The molecule has 0 N–H and O–H groups in total. The summed E-state index contributed by atoms with van der Waals surface area (Å²) < 4.78 is 13.7. The minimum atomic E-state index is -0.581. The minimum Gasteiger partial charge on any atom is -0.444 e. The lowest BCUT2D eigenvalue weighted by Crippen LogP contribution is -2.50. The van der Waals surface area contributed by atoms with Crippen LogP contribution in [-0.4, -0.2) is 64.0 Å². The molecule has 8 nitrogen and oxygen atoms in total. The SMILES string of the molecule is CC(C)(C)OC(=O)N1CCN(c2ccc(-c3cc4c(I)cn(C(=O)OC(C)(C)C)c4nc3C3CC3)cc2)CC1. The highest BCUT2D eigenvalue weighted by Crippen LogP contribution is 2.45. The first-order chi connectivity index (χ1) is 18.3. The fraction of sp³-hybridized carbons (Fsp3) is 0.500. The van der Waals surface area contributed by atoms with Crippen LogP contribution in [-0.2, 0) is 9.47 Å². The summed E-state index contributed by atoms with van der Waals surface area (Å²) in [6, 6.07) is 10.8. The molecule has 2 fully saturated rings. The van der Waals surface area contributed by atoms with E-state index in [9.17, 15) is 9.59 Å². The van der Waals surface area contributed by atoms with Gasteiger partial charge in [0.2, 0.25) is 0 Å². The van der Waals surface area contributed by atoms with Crippen molar-refractivity contribution in [2.45, 2.75) is 71.5 Å². The van der Waals surface area contributed by atoms with Gasteiger partial charge in [0.1, 0.15) is 11.2 Å². The number of amides is 1. The van der Waals surface area contributed by atoms with Crippen LogP contribution in [0.2, 0.25) is 0 Å². The largest absolute Gasteiger partial charge is 0.444 e. The molecule has 0 radical (unpaired) electrons. The maximum atomic E-state index is 12.9. The van der Waals surface area contributed by atoms with Crippen molar-refractivity contribution in [1.82, 2.24) is 14.5 Å². The predicted octanol–water partition coefficient (Wildman–Crippen LogP) is 7.03. The van der Waals surface area contributed by atoms with Gasteiger partial charge in [-0.2, -0.15) is 0 Å². The Morgan fingerprint density at radius 1 is 0.897 bits per heavy atom. The molecule has 2 aromatic heterocycles. The molecule has 1 aliphatic carbocycles. The number of hydrogen-bond acceptors (Lipinski definition) is 6. The Labute approximate surface area is 243 Å². The zero-order chi connectivity index (χ0) is 28.1. The Kier molecular flexibility index (Phi) is 7.32. The van der Waals surface area contributed by atoms with E-state index in [0.717, 1.165) is 57.4 Å². The van der Waals surface area contributed by atoms with Crippen LogP contribution in [0.25, 0.3) is 22.2 Å². The second-order valence-electron chi connectivity index (χ2n) is 12.4. The van der Waals surface area contributed by atoms with Gasteiger partial charge in [-0.15, -0.1) is 0 Å². The predicted molar refractivity (Wildman–Crippen MR) is 162 cm³/mol. The van der Waals surface area contributed by atoms with Crippen molar-refractivity contribution in [2.75, 3.05) is 31.1 Å². The van der Waals surface area contributed by atoms with E-state index < -0.39 is 17.3 Å². The molecule has 39 heavy (non-hydrogen) atoms. The number of halogens is 1. The summed E-state index contributed by atoms with van der Waals surface area (Å²) in [6.45, 7) is 14.1. The van der Waals surface area contributed by atoms with Crippen LogP contribution in [0, 0.1) is 3.57 Å². The van der Waals surface area contributed by atoms with Crippen LogP contribution in [0.15, 0.2) is 36.5 Å². The maximum absolute atomic E-state index is 12.9. The van der Waals surface area contributed by atoms with E-state index >= 15 is 0 Å². The van der Waals surface area contributed by atoms with Gasteiger partial charge in [-0.25, -0.2) is 19.1 Å². The Morgan fingerprint density at radius 3 is 2.05 bits per heavy atom. The standard InChI is InChI=1S/C30H37IN4O4/c1-29(2,3)38-27(36)34-15-13-33(14-16-34)21-11-9-19(10-12-21)22-17-23-24(31)18-35(28(37)39-30(4,5)6)26(23)32-25(22)20-7-8-20/h9-12,17-18,20H,7-8,13-16H2,1-6H3. The molecule has 1 saturated carbocycles. The molecule has 3 aromatic rings. The quantitative estimate of drug-likeness (QED) is 0.285. The molecule has 1 saturated heterocycles. The van der Waals surface area contributed by atoms with Gasteiger partial charge < -0.3 is 19.3 Å². The van der Waals surface area contributed by atoms with Crippen LogP contribution in [0.4, 0.5) is 15.3 Å². The van der Waals surface area contributed by atoms with Crippen molar-refractivity contribution < 1.29 is 19.1 Å². The molecule has 1 aromatic carbocycles. The van der Waals surface area contributed by atoms with Crippen LogP contribution < -0.4 is 4.90 Å². The molecule has 2 aliphatic rings. The lowest BCUT2D eigenvalue weighted by Gasteiger charge is -2.36. The first kappa shape index (κ1) is 27.7. The molecule has 0 unspecified atom stereocenters. The molecule has 1 amide bonds. The summed E-state index contributed by atoms with van der Waals surface area (Å²) in [6.07, 6.45) is 3.37. The lowest BCUT2D eigenvalue weighted by molar-refractivity contribution is 0.0240. The molecular formula is C30H37IN4O4. The first-order valence-corrected chi connectivity index (χ1v) is 14.6. The number of ether oxygens (including phenoxy) is 2. The van der Waals surface area contributed by atoms with Gasteiger partial charge in [0.15, 0.2) is 5.65 Å². The first-order valence-electron chi connectivity index (χ1n) is 13.6. The molecule has 208 valence electrons. The smallest absolute Gasteiger partial charge is 0.420 e. The number of fused-ring (bicyclic) bond motifs is 1. The van der Waals surface area contributed by atoms with E-state index in [1.54, 1.807) is 4.90 Å². The number of aromatic nitrogens is 2. The van der Waals surface area contributed by atoms with Crippen LogP contribution in [0.3, 0.4) is 0 Å². The average molecular weight is 645 g/mol. The van der Waals surface area contributed by atoms with Crippen molar-refractivity contribution in [2.24, 2.45) is 0 Å². The zero-order valence-electron chi connectivity index (χ0n) is 23.6. The summed E-state index contributed by atoms with van der Waals surface area (Å²) in [5.41, 5.74) is 3.99. The van der Waals surface area contributed by atoms with Crippen molar-refractivity contribution in [3.8, 4) is 11.1 Å². The van der Waals surface area contributed by atoms with Crippen molar-refractivity contribution >= 4 is 51.5 Å². The highest BCUT2D eigenvalue weighted by Gasteiger charge is 2.31. The number of carbonyl (C=O) groups excluding carboxylic acids is 2. The van der Waals surface area contributed by atoms with Gasteiger partial charge in [-0.1, -0.05) is 12.1 Å². The number of nitrogens with zero attached hydrogens (tertiary/aromatic N) is 4. The van der Waals surface area contributed by atoms with Crippen molar-refractivity contribution in [3.05, 3.63) is 45.8 Å². The van der Waals surface area contributed by atoms with Gasteiger partial charge in [0, 0.05) is 58.5 Å². The van der Waals surface area contributed by atoms with Crippen molar-refractivity contribution in [3.63, 3.8) is 0 Å². The molecule has 9 heteroatoms. The van der Waals surface area contributed by atoms with Gasteiger partial charge >= 0.3 is 12.2 Å². The second-order valence-corrected chi connectivity index (χ2v) is 13.6. The fourth-order valence-corrected chi connectivity index (χ4v) is 5.47. The summed E-state index contributed by atoms with van der Waals surface area (Å²) in [5, 5.41) is 0.947. The summed E-state index contributed by atoms with van der Waals surface area (Å²) in [4.78, 5) is 34.5. The van der Waals surface area contributed by atoms with E-state index in [1.165, 1.54) is 4.57 Å². The minimum absolute atomic E-state index is 0.247. The van der Waals surface area contributed by atoms with Crippen LogP contribution >= 0.6 is 22.6 Å². The van der Waals surface area contributed by atoms with E-state index in [-0.39, 0.29) is 6.09 Å². The van der Waals surface area contributed by atoms with Gasteiger partial charge in [-0.3, -0.25) is 0 Å². The van der Waals surface area contributed by atoms with E-state index in [1.807, 2.05) is 47.7 Å². The average Bonchev–Trinajstić information content (AvgIpc) is 3.65. The fourth-order valence-electron chi connectivity index (χ4n) is 4.80. The van der Waals surface area contributed by atoms with E-state index in [0.29, 0.717) is 24.7 Å². The molecular weight excluding hydrogens is 607 g/mol.